The zero-order valence-electron chi connectivity index (χ0n) is 15.5. The Labute approximate surface area is 185 Å². The van der Waals surface area contributed by atoms with Crippen molar-refractivity contribution in [2.45, 2.75) is 0 Å². The van der Waals surface area contributed by atoms with E-state index in [9.17, 15) is 19.7 Å². The summed E-state index contributed by atoms with van der Waals surface area (Å²) in [5.74, 6) is -1.63. The summed E-state index contributed by atoms with van der Waals surface area (Å²) in [7, 11) is 0. The van der Waals surface area contributed by atoms with Crippen LogP contribution >= 0.6 is 23.2 Å². The highest BCUT2D eigenvalue weighted by Gasteiger charge is 2.37. The average Bonchev–Trinajstić information content (AvgIpc) is 2.76. The molecule has 0 amide bonds. The number of benzene rings is 3. The van der Waals surface area contributed by atoms with E-state index in [1.54, 1.807) is 24.3 Å². The molecule has 0 saturated carbocycles. The second-order valence-electron chi connectivity index (χ2n) is 6.42. The van der Waals surface area contributed by atoms with Crippen LogP contribution in [0.5, 0.6) is 11.5 Å². The molecule has 3 aromatic rings. The number of rotatable bonds is 5. The van der Waals surface area contributed by atoms with E-state index in [0.29, 0.717) is 10.0 Å². The molecule has 0 N–H and O–H groups in total. The molecule has 31 heavy (non-hydrogen) atoms. The third kappa shape index (κ3) is 4.14. The molecular weight excluding hydrogens is 445 g/mol. The number of hydrogen-bond acceptors (Lipinski definition) is 6. The van der Waals surface area contributed by atoms with E-state index in [2.05, 4.69) is 0 Å². The molecule has 0 heterocycles. The van der Waals surface area contributed by atoms with E-state index in [4.69, 9.17) is 32.7 Å². The summed E-state index contributed by atoms with van der Waals surface area (Å²) in [4.78, 5) is 36.8. The first kappa shape index (κ1) is 20.6. The standard InChI is InChI=1S/C22H11Cl2NO6/c23-12-1-6-15(7-2-12)30-21-19(26)17-10-5-14(25(28)29)11-18(17)20(27)22(21)31-16-8-3-13(24)4-9-16/h1-11H. The average molecular weight is 456 g/mol. The molecular formula is C22H11Cl2NO6. The zero-order chi connectivity index (χ0) is 22.1. The summed E-state index contributed by atoms with van der Waals surface area (Å²) in [6, 6.07) is 15.7. The molecule has 0 radical (unpaired) electrons. The van der Waals surface area contributed by atoms with E-state index >= 15 is 0 Å². The van der Waals surface area contributed by atoms with Crippen LogP contribution in [0.4, 0.5) is 5.69 Å². The van der Waals surface area contributed by atoms with Crippen molar-refractivity contribution in [3.05, 3.63) is 110 Å². The van der Waals surface area contributed by atoms with Gasteiger partial charge < -0.3 is 9.47 Å². The number of carbonyl (C=O) groups is 2. The molecule has 0 fully saturated rings. The van der Waals surface area contributed by atoms with Gasteiger partial charge >= 0.3 is 0 Å². The lowest BCUT2D eigenvalue weighted by Gasteiger charge is -2.21. The predicted molar refractivity (Wildman–Crippen MR) is 113 cm³/mol. The van der Waals surface area contributed by atoms with Gasteiger partial charge in [0.15, 0.2) is 0 Å². The SMILES string of the molecule is O=C1C(Oc2ccc(Cl)cc2)=C(Oc2ccc(Cl)cc2)C(=O)c2cc([N+](=O)[O-])ccc21. The lowest BCUT2D eigenvalue weighted by molar-refractivity contribution is -0.384. The van der Waals surface area contributed by atoms with E-state index in [-0.39, 0.29) is 34.1 Å². The minimum Gasteiger partial charge on any atom is -0.449 e. The third-order valence-corrected chi connectivity index (χ3v) is 4.89. The summed E-state index contributed by atoms with van der Waals surface area (Å²) in [5, 5.41) is 12.0. The summed E-state index contributed by atoms with van der Waals surface area (Å²) in [6.45, 7) is 0. The maximum atomic E-state index is 13.2. The highest BCUT2D eigenvalue weighted by molar-refractivity contribution is 6.31. The smallest absolute Gasteiger partial charge is 0.270 e. The molecule has 1 aliphatic carbocycles. The molecule has 0 unspecified atom stereocenters. The van der Waals surface area contributed by atoms with E-state index in [1.807, 2.05) is 0 Å². The van der Waals surface area contributed by atoms with Crippen LogP contribution in [0.15, 0.2) is 78.2 Å². The number of allylic oxidation sites excluding steroid dienone is 2. The second kappa shape index (κ2) is 8.22. The van der Waals surface area contributed by atoms with Crippen LogP contribution in [0.25, 0.3) is 0 Å². The number of ether oxygens (including phenoxy) is 2. The normalized spacial score (nSPS) is 13.1. The van der Waals surface area contributed by atoms with Gasteiger partial charge in [0.1, 0.15) is 11.5 Å². The lowest BCUT2D eigenvalue weighted by Crippen LogP contribution is -2.28. The monoisotopic (exact) mass is 455 g/mol. The molecule has 0 aromatic heterocycles. The largest absolute Gasteiger partial charge is 0.449 e. The summed E-state index contributed by atoms with van der Waals surface area (Å²) in [6.07, 6.45) is 0. The van der Waals surface area contributed by atoms with Gasteiger partial charge in [0.05, 0.1) is 4.92 Å². The van der Waals surface area contributed by atoms with E-state index in [1.165, 1.54) is 30.3 Å². The third-order valence-electron chi connectivity index (χ3n) is 4.39. The molecule has 4 rings (SSSR count). The van der Waals surface area contributed by atoms with Crippen LogP contribution in [0.2, 0.25) is 10.0 Å². The molecule has 9 heteroatoms. The molecule has 1 aliphatic rings. The number of nitro benzene ring substituents is 1. The van der Waals surface area contributed by atoms with Crippen molar-refractivity contribution in [3.63, 3.8) is 0 Å². The number of Topliss-reactive ketones (excluding diaryl/α,β-unsaturated/α-hetero) is 2. The van der Waals surface area contributed by atoms with Crippen molar-refractivity contribution in [2.75, 3.05) is 0 Å². The quantitative estimate of drug-likeness (QED) is 0.364. The van der Waals surface area contributed by atoms with Gasteiger partial charge in [-0.25, -0.2) is 0 Å². The van der Waals surface area contributed by atoms with Gasteiger partial charge in [-0.15, -0.1) is 0 Å². The van der Waals surface area contributed by atoms with Gasteiger partial charge in [0.25, 0.3) is 5.69 Å². The Hall–Kier alpha value is -3.68. The number of halogens is 2. The molecule has 0 bridgehead atoms. The summed E-state index contributed by atoms with van der Waals surface area (Å²) in [5.41, 5.74) is -0.498. The van der Waals surface area contributed by atoms with Gasteiger partial charge in [-0.05, 0) is 54.6 Å². The minimum absolute atomic E-state index is 0.0250. The van der Waals surface area contributed by atoms with Crippen molar-refractivity contribution >= 4 is 40.5 Å². The van der Waals surface area contributed by atoms with Crippen molar-refractivity contribution in [1.82, 2.24) is 0 Å². The topological polar surface area (TPSA) is 95.7 Å². The fourth-order valence-electron chi connectivity index (χ4n) is 2.91. The van der Waals surface area contributed by atoms with Gasteiger partial charge in [0.2, 0.25) is 23.1 Å². The van der Waals surface area contributed by atoms with E-state index < -0.39 is 22.2 Å². The zero-order valence-corrected chi connectivity index (χ0v) is 17.0. The van der Waals surface area contributed by atoms with Gasteiger partial charge in [-0.3, -0.25) is 19.7 Å². The maximum absolute atomic E-state index is 13.2. The van der Waals surface area contributed by atoms with Crippen molar-refractivity contribution in [2.24, 2.45) is 0 Å². The molecule has 0 saturated heterocycles. The number of fused-ring (bicyclic) bond motifs is 1. The second-order valence-corrected chi connectivity index (χ2v) is 7.29. The lowest BCUT2D eigenvalue weighted by atomic mass is 9.91. The number of non-ortho nitro benzene ring substituents is 1. The molecule has 3 aromatic carbocycles. The van der Waals surface area contributed by atoms with Crippen molar-refractivity contribution in [1.29, 1.82) is 0 Å². The van der Waals surface area contributed by atoms with Crippen molar-refractivity contribution < 1.29 is 24.0 Å². The number of nitro groups is 1. The fourth-order valence-corrected chi connectivity index (χ4v) is 3.16. The summed E-state index contributed by atoms with van der Waals surface area (Å²) < 4.78 is 11.4. The van der Waals surface area contributed by atoms with Crippen LogP contribution in [-0.2, 0) is 0 Å². The van der Waals surface area contributed by atoms with Crippen LogP contribution in [0, 0.1) is 10.1 Å². The minimum atomic E-state index is -0.725. The van der Waals surface area contributed by atoms with Crippen LogP contribution in [0.1, 0.15) is 20.7 Å². The molecule has 7 nitrogen and oxygen atoms in total. The Kier molecular flexibility index (Phi) is 5.46. The van der Waals surface area contributed by atoms with Crippen LogP contribution < -0.4 is 9.47 Å². The molecule has 0 aliphatic heterocycles. The van der Waals surface area contributed by atoms with Crippen LogP contribution in [-0.4, -0.2) is 16.5 Å². The fraction of sp³-hybridized carbons (Fsp3) is 0. The van der Waals surface area contributed by atoms with Gasteiger partial charge in [-0.1, -0.05) is 23.2 Å². The molecule has 0 spiro atoms. The first-order valence-electron chi connectivity index (χ1n) is 8.82. The van der Waals surface area contributed by atoms with Crippen molar-refractivity contribution in [3.8, 4) is 11.5 Å². The first-order chi connectivity index (χ1) is 14.8. The van der Waals surface area contributed by atoms with Gasteiger partial charge in [0, 0.05) is 33.3 Å². The number of nitrogens with zero attached hydrogens (tertiary/aromatic N) is 1. The Morgan fingerprint density at radius 2 is 1.13 bits per heavy atom. The van der Waals surface area contributed by atoms with E-state index in [0.717, 1.165) is 12.1 Å². The Balaban J connectivity index is 1.83. The Morgan fingerprint density at radius 1 is 0.677 bits per heavy atom. The Bertz CT molecular complexity index is 1250. The maximum Gasteiger partial charge on any atom is 0.270 e. The number of hydrogen-bond donors (Lipinski definition) is 0. The molecule has 0 atom stereocenters. The first-order valence-corrected chi connectivity index (χ1v) is 9.58. The Morgan fingerprint density at radius 3 is 1.58 bits per heavy atom. The number of carbonyl (C=O) groups excluding carboxylic acids is 2. The van der Waals surface area contributed by atoms with Gasteiger partial charge in [-0.2, -0.15) is 0 Å². The molecule has 154 valence electrons. The predicted octanol–water partition coefficient (Wildman–Crippen LogP) is 5.65. The highest BCUT2D eigenvalue weighted by Crippen LogP contribution is 2.32. The van der Waals surface area contributed by atoms with Crippen LogP contribution in [0.3, 0.4) is 0 Å². The summed E-state index contributed by atoms with van der Waals surface area (Å²) >= 11 is 11.8. The highest BCUT2D eigenvalue weighted by atomic mass is 35.5. The number of ketones is 2.